The summed E-state index contributed by atoms with van der Waals surface area (Å²) in [5.41, 5.74) is 0. The second kappa shape index (κ2) is 11.8. The van der Waals surface area contributed by atoms with Gasteiger partial charge in [0.15, 0.2) is 0 Å². The summed E-state index contributed by atoms with van der Waals surface area (Å²) in [6.07, 6.45) is 11.1. The van der Waals surface area contributed by atoms with Gasteiger partial charge in [-0.05, 0) is 31.6 Å². The van der Waals surface area contributed by atoms with Gasteiger partial charge in [0, 0.05) is 12.8 Å². The van der Waals surface area contributed by atoms with Crippen molar-refractivity contribution in [3.05, 3.63) is 12.2 Å². The maximum absolute atomic E-state index is 10.5. The molecule has 110 valence electrons. The van der Waals surface area contributed by atoms with Gasteiger partial charge >= 0.3 is 11.9 Å². The molecule has 4 nitrogen and oxygen atoms in total. The first-order valence-corrected chi connectivity index (χ1v) is 7.16. The molecule has 0 fully saturated rings. The minimum absolute atomic E-state index is 0.0679. The Labute approximate surface area is 115 Å². The molecule has 0 atom stereocenters. The molecule has 4 heteroatoms. The normalized spacial score (nSPS) is 11.3. The Bertz CT molecular complexity index is 266. The summed E-state index contributed by atoms with van der Waals surface area (Å²) in [7, 11) is 0. The van der Waals surface area contributed by atoms with Crippen LogP contribution in [0.15, 0.2) is 12.2 Å². The van der Waals surface area contributed by atoms with Crippen LogP contribution in [0.2, 0.25) is 0 Å². The molecule has 0 radical (unpaired) electrons. The van der Waals surface area contributed by atoms with Crippen molar-refractivity contribution in [1.29, 1.82) is 0 Å². The third-order valence-electron chi connectivity index (χ3n) is 3.09. The fourth-order valence-electron chi connectivity index (χ4n) is 1.93. The molecule has 0 amide bonds. The van der Waals surface area contributed by atoms with Crippen molar-refractivity contribution in [3.63, 3.8) is 0 Å². The van der Waals surface area contributed by atoms with Crippen LogP contribution in [0.5, 0.6) is 0 Å². The van der Waals surface area contributed by atoms with Gasteiger partial charge in [-0.2, -0.15) is 0 Å². The number of carboxylic acid groups (broad SMARTS) is 2. The van der Waals surface area contributed by atoms with Crippen molar-refractivity contribution in [2.45, 2.75) is 64.7 Å². The molecular formula is C15H26O4. The van der Waals surface area contributed by atoms with Gasteiger partial charge in [0.05, 0.1) is 0 Å². The molecule has 2 N–H and O–H groups in total. The van der Waals surface area contributed by atoms with Gasteiger partial charge in [-0.1, -0.05) is 38.3 Å². The number of carboxylic acids is 2. The lowest BCUT2D eigenvalue weighted by molar-refractivity contribution is -0.137. The van der Waals surface area contributed by atoms with E-state index in [9.17, 15) is 9.59 Å². The van der Waals surface area contributed by atoms with Crippen molar-refractivity contribution in [3.8, 4) is 0 Å². The van der Waals surface area contributed by atoms with Gasteiger partial charge in [-0.15, -0.1) is 0 Å². The van der Waals surface area contributed by atoms with E-state index < -0.39 is 11.9 Å². The number of carbonyl (C=O) groups is 2. The van der Waals surface area contributed by atoms with E-state index in [1.807, 2.05) is 6.08 Å². The lowest BCUT2D eigenvalue weighted by atomic mass is 9.96. The van der Waals surface area contributed by atoms with Gasteiger partial charge in [-0.25, -0.2) is 0 Å². The van der Waals surface area contributed by atoms with Crippen LogP contribution in [-0.4, -0.2) is 22.2 Å². The number of unbranched alkanes of at least 4 members (excludes halogenated alkanes) is 4. The highest BCUT2D eigenvalue weighted by Gasteiger charge is 2.09. The van der Waals surface area contributed by atoms with Crippen molar-refractivity contribution in [1.82, 2.24) is 0 Å². The van der Waals surface area contributed by atoms with Crippen molar-refractivity contribution in [2.24, 2.45) is 5.92 Å². The Morgan fingerprint density at radius 3 is 2.05 bits per heavy atom. The van der Waals surface area contributed by atoms with E-state index in [1.165, 1.54) is 19.3 Å². The first kappa shape index (κ1) is 17.7. The quantitative estimate of drug-likeness (QED) is 0.417. The van der Waals surface area contributed by atoms with Crippen LogP contribution in [0.1, 0.15) is 64.7 Å². The largest absolute Gasteiger partial charge is 0.481 e. The van der Waals surface area contributed by atoms with Crippen LogP contribution >= 0.6 is 0 Å². The molecule has 19 heavy (non-hydrogen) atoms. The Morgan fingerprint density at radius 2 is 1.58 bits per heavy atom. The molecule has 0 saturated heterocycles. The first-order valence-electron chi connectivity index (χ1n) is 7.16. The first-order chi connectivity index (χ1) is 9.06. The molecule has 0 aromatic rings. The summed E-state index contributed by atoms with van der Waals surface area (Å²) in [4.78, 5) is 21.1. The SMILES string of the molecule is CCCCCCC=CC(CCC(=O)O)CCC(=O)O. The fraction of sp³-hybridized carbons (Fsp3) is 0.733. The standard InChI is InChI=1S/C15H26O4/c1-2-3-4-5-6-7-8-13(9-11-14(16)17)10-12-15(18)19/h7-8,13H,2-6,9-12H2,1H3,(H,16,17)(H,18,19). The molecule has 0 spiro atoms. The topological polar surface area (TPSA) is 74.6 Å². The fourth-order valence-corrected chi connectivity index (χ4v) is 1.93. The van der Waals surface area contributed by atoms with E-state index in [2.05, 4.69) is 13.0 Å². The van der Waals surface area contributed by atoms with Crippen LogP contribution in [0, 0.1) is 5.92 Å². The Kier molecular flexibility index (Phi) is 10.9. The Balaban J connectivity index is 3.97. The monoisotopic (exact) mass is 270 g/mol. The zero-order chi connectivity index (χ0) is 14.5. The third kappa shape index (κ3) is 12.9. The highest BCUT2D eigenvalue weighted by Crippen LogP contribution is 2.16. The maximum atomic E-state index is 10.5. The minimum atomic E-state index is -0.823. The van der Waals surface area contributed by atoms with E-state index >= 15 is 0 Å². The molecule has 0 bridgehead atoms. The highest BCUT2D eigenvalue weighted by molar-refractivity contribution is 5.67. The number of rotatable bonds is 12. The Morgan fingerprint density at radius 1 is 1.00 bits per heavy atom. The van der Waals surface area contributed by atoms with E-state index in [4.69, 9.17) is 10.2 Å². The maximum Gasteiger partial charge on any atom is 0.303 e. The summed E-state index contributed by atoms with van der Waals surface area (Å²) in [5.74, 6) is -1.58. The summed E-state index contributed by atoms with van der Waals surface area (Å²) >= 11 is 0. The molecule has 0 saturated carbocycles. The predicted molar refractivity (Wildman–Crippen MR) is 75.1 cm³/mol. The number of allylic oxidation sites excluding steroid dienone is 2. The Hall–Kier alpha value is -1.32. The molecule has 0 unspecified atom stereocenters. The number of hydrogen-bond donors (Lipinski definition) is 2. The van der Waals surface area contributed by atoms with E-state index in [0.29, 0.717) is 12.8 Å². The van der Waals surface area contributed by atoms with Crippen LogP contribution in [0.3, 0.4) is 0 Å². The van der Waals surface area contributed by atoms with Crippen LogP contribution in [0.25, 0.3) is 0 Å². The molecule has 0 rings (SSSR count). The van der Waals surface area contributed by atoms with Crippen LogP contribution in [0.4, 0.5) is 0 Å². The lowest BCUT2D eigenvalue weighted by Crippen LogP contribution is -2.05. The van der Waals surface area contributed by atoms with E-state index in [1.54, 1.807) is 0 Å². The minimum Gasteiger partial charge on any atom is -0.481 e. The number of hydrogen-bond acceptors (Lipinski definition) is 2. The molecule has 0 aliphatic heterocycles. The summed E-state index contributed by atoms with van der Waals surface area (Å²) in [6, 6.07) is 0. The molecule has 0 aliphatic rings. The smallest absolute Gasteiger partial charge is 0.303 e. The average Bonchev–Trinajstić information content (AvgIpc) is 2.35. The highest BCUT2D eigenvalue weighted by atomic mass is 16.4. The summed E-state index contributed by atoms with van der Waals surface area (Å²) in [5, 5.41) is 17.3. The number of aliphatic carboxylic acids is 2. The zero-order valence-electron chi connectivity index (χ0n) is 11.8. The second-order valence-electron chi connectivity index (χ2n) is 4.90. The summed E-state index contributed by atoms with van der Waals surface area (Å²) < 4.78 is 0. The molecule has 0 aromatic carbocycles. The van der Waals surface area contributed by atoms with Gasteiger partial charge < -0.3 is 10.2 Å². The van der Waals surface area contributed by atoms with Crippen molar-refractivity contribution in [2.75, 3.05) is 0 Å². The van der Waals surface area contributed by atoms with Crippen molar-refractivity contribution >= 4 is 11.9 Å². The van der Waals surface area contributed by atoms with Gasteiger partial charge in [0.2, 0.25) is 0 Å². The molecule has 0 aromatic heterocycles. The van der Waals surface area contributed by atoms with Gasteiger partial charge in [-0.3, -0.25) is 9.59 Å². The zero-order valence-corrected chi connectivity index (χ0v) is 11.8. The molecule has 0 heterocycles. The van der Waals surface area contributed by atoms with E-state index in [0.717, 1.165) is 12.8 Å². The lowest BCUT2D eigenvalue weighted by Gasteiger charge is -2.09. The molecule has 0 aliphatic carbocycles. The van der Waals surface area contributed by atoms with Gasteiger partial charge in [0.25, 0.3) is 0 Å². The van der Waals surface area contributed by atoms with Crippen LogP contribution in [-0.2, 0) is 9.59 Å². The predicted octanol–water partition coefficient (Wildman–Crippen LogP) is 3.86. The average molecular weight is 270 g/mol. The van der Waals surface area contributed by atoms with Crippen LogP contribution < -0.4 is 0 Å². The van der Waals surface area contributed by atoms with E-state index in [-0.39, 0.29) is 18.8 Å². The molecular weight excluding hydrogens is 244 g/mol. The third-order valence-corrected chi connectivity index (χ3v) is 3.09. The second-order valence-corrected chi connectivity index (χ2v) is 4.90. The van der Waals surface area contributed by atoms with Crippen molar-refractivity contribution < 1.29 is 19.8 Å². The summed E-state index contributed by atoms with van der Waals surface area (Å²) in [6.45, 7) is 2.17. The van der Waals surface area contributed by atoms with Gasteiger partial charge in [0.1, 0.15) is 0 Å².